The lowest BCUT2D eigenvalue weighted by Gasteiger charge is -2.14. The van der Waals surface area contributed by atoms with Crippen molar-refractivity contribution in [3.05, 3.63) is 71.5 Å². The molecule has 0 fully saturated rings. The van der Waals surface area contributed by atoms with Gasteiger partial charge in [-0.1, -0.05) is 53.2 Å². The molecule has 23 heavy (non-hydrogen) atoms. The lowest BCUT2D eigenvalue weighted by molar-refractivity contribution is -0.117. The van der Waals surface area contributed by atoms with Crippen LogP contribution in [0.15, 0.2) is 54.6 Å². The van der Waals surface area contributed by atoms with Gasteiger partial charge in [0.2, 0.25) is 5.91 Å². The first kappa shape index (κ1) is 14.9. The van der Waals surface area contributed by atoms with Crippen LogP contribution in [0, 0.1) is 6.92 Å². The highest BCUT2D eigenvalue weighted by Gasteiger charge is 2.25. The van der Waals surface area contributed by atoms with Crippen molar-refractivity contribution in [2.45, 2.75) is 19.3 Å². The molecule has 1 heterocycles. The lowest BCUT2D eigenvalue weighted by atomic mass is 9.97. The van der Waals surface area contributed by atoms with Gasteiger partial charge in [0, 0.05) is 5.69 Å². The van der Waals surface area contributed by atoms with Gasteiger partial charge in [-0.25, -0.2) is 0 Å². The molecule has 0 radical (unpaired) electrons. The zero-order valence-electron chi connectivity index (χ0n) is 12.7. The normalized spacial score (nSPS) is 11.9. The molecule has 1 atom stereocenters. The minimum atomic E-state index is -0.503. The van der Waals surface area contributed by atoms with Crippen molar-refractivity contribution in [3.8, 4) is 0 Å². The summed E-state index contributed by atoms with van der Waals surface area (Å²) in [6, 6.07) is 17.4. The summed E-state index contributed by atoms with van der Waals surface area (Å²) in [7, 11) is 0. The number of rotatable bonds is 5. The zero-order valence-corrected chi connectivity index (χ0v) is 12.7. The number of nitrogens with zero attached hydrogens (tertiary/aromatic N) is 3. The van der Waals surface area contributed by atoms with Crippen LogP contribution in [-0.2, 0) is 11.2 Å². The minimum absolute atomic E-state index is 0.154. The number of aryl methyl sites for hydroxylation is 1. The van der Waals surface area contributed by atoms with E-state index in [1.165, 1.54) is 5.56 Å². The Hall–Kier alpha value is -3.02. The molecule has 6 nitrogen and oxygen atoms in total. The van der Waals surface area contributed by atoms with E-state index >= 15 is 0 Å². The molecule has 2 N–H and O–H groups in total. The fraction of sp³-hybridized carbons (Fsp3) is 0.176. The molecule has 0 bridgehead atoms. The molecule has 0 aliphatic rings. The highest BCUT2D eigenvalue weighted by Crippen LogP contribution is 2.20. The van der Waals surface area contributed by atoms with Gasteiger partial charge in [-0.2, -0.15) is 5.21 Å². The van der Waals surface area contributed by atoms with Crippen LogP contribution in [0.25, 0.3) is 0 Å². The average Bonchev–Trinajstić information content (AvgIpc) is 3.09. The van der Waals surface area contributed by atoms with Crippen molar-refractivity contribution in [1.82, 2.24) is 20.6 Å². The van der Waals surface area contributed by atoms with E-state index in [9.17, 15) is 4.79 Å². The zero-order chi connectivity index (χ0) is 16.1. The lowest BCUT2D eigenvalue weighted by Crippen LogP contribution is -2.24. The Labute approximate surface area is 133 Å². The van der Waals surface area contributed by atoms with Gasteiger partial charge in [0.15, 0.2) is 5.82 Å². The van der Waals surface area contributed by atoms with Crippen molar-refractivity contribution >= 4 is 11.6 Å². The van der Waals surface area contributed by atoms with Crippen LogP contribution < -0.4 is 5.32 Å². The SMILES string of the molecule is Cc1ccc(C[C@H](C(=O)Nc2ccccc2)c2nn[nH]n2)cc1. The molecular weight excluding hydrogens is 290 g/mol. The number of H-pyrrole nitrogens is 1. The van der Waals surface area contributed by atoms with Gasteiger partial charge in [0.05, 0.1) is 0 Å². The topological polar surface area (TPSA) is 83.6 Å². The second-order valence-corrected chi connectivity index (χ2v) is 5.37. The number of hydrogen-bond donors (Lipinski definition) is 2. The molecular formula is C17H17N5O. The Balaban J connectivity index is 1.81. The number of carbonyl (C=O) groups excluding carboxylic acids is 1. The quantitative estimate of drug-likeness (QED) is 0.758. The largest absolute Gasteiger partial charge is 0.325 e. The van der Waals surface area contributed by atoms with E-state index < -0.39 is 5.92 Å². The van der Waals surface area contributed by atoms with Gasteiger partial charge in [-0.3, -0.25) is 4.79 Å². The van der Waals surface area contributed by atoms with Gasteiger partial charge in [-0.15, -0.1) is 10.2 Å². The maximum absolute atomic E-state index is 12.6. The van der Waals surface area contributed by atoms with E-state index in [4.69, 9.17) is 0 Å². The first-order chi connectivity index (χ1) is 11.2. The number of hydrogen-bond acceptors (Lipinski definition) is 4. The monoisotopic (exact) mass is 307 g/mol. The maximum Gasteiger partial charge on any atom is 0.235 e. The molecule has 1 amide bonds. The van der Waals surface area contributed by atoms with Crippen LogP contribution in [0.4, 0.5) is 5.69 Å². The first-order valence-electron chi connectivity index (χ1n) is 7.37. The average molecular weight is 307 g/mol. The fourth-order valence-electron chi connectivity index (χ4n) is 2.33. The number of benzene rings is 2. The summed E-state index contributed by atoms with van der Waals surface area (Å²) in [5, 5.41) is 16.9. The first-order valence-corrected chi connectivity index (χ1v) is 7.37. The van der Waals surface area contributed by atoms with E-state index in [0.717, 1.165) is 11.3 Å². The highest BCUT2D eigenvalue weighted by molar-refractivity contribution is 5.95. The summed E-state index contributed by atoms with van der Waals surface area (Å²) in [5.74, 6) is -0.270. The second kappa shape index (κ2) is 6.83. The minimum Gasteiger partial charge on any atom is -0.325 e. The third-order valence-electron chi connectivity index (χ3n) is 3.59. The summed E-state index contributed by atoms with van der Waals surface area (Å²) in [6.07, 6.45) is 0.512. The molecule has 0 unspecified atom stereocenters. The van der Waals surface area contributed by atoms with E-state index in [1.54, 1.807) is 0 Å². The third kappa shape index (κ3) is 3.79. The molecule has 0 aliphatic carbocycles. The van der Waals surface area contributed by atoms with Crippen molar-refractivity contribution in [1.29, 1.82) is 0 Å². The van der Waals surface area contributed by atoms with Gasteiger partial charge in [0.25, 0.3) is 0 Å². The summed E-state index contributed by atoms with van der Waals surface area (Å²) in [6.45, 7) is 2.03. The van der Waals surface area contributed by atoms with Crippen molar-refractivity contribution in [2.24, 2.45) is 0 Å². The smallest absolute Gasteiger partial charge is 0.235 e. The van der Waals surface area contributed by atoms with Gasteiger partial charge >= 0.3 is 0 Å². The molecule has 3 aromatic rings. The Morgan fingerprint density at radius 1 is 1.13 bits per heavy atom. The van der Waals surface area contributed by atoms with Crippen LogP contribution in [-0.4, -0.2) is 26.5 Å². The molecule has 116 valence electrons. The van der Waals surface area contributed by atoms with Gasteiger partial charge in [0.1, 0.15) is 5.92 Å². The van der Waals surface area contributed by atoms with Crippen LogP contribution in [0.5, 0.6) is 0 Å². The van der Waals surface area contributed by atoms with Crippen LogP contribution in [0.1, 0.15) is 22.9 Å². The summed E-state index contributed by atoms with van der Waals surface area (Å²) in [4.78, 5) is 12.6. The fourth-order valence-corrected chi connectivity index (χ4v) is 2.33. The number of carbonyl (C=O) groups is 1. The molecule has 3 rings (SSSR count). The molecule has 0 saturated carbocycles. The van der Waals surface area contributed by atoms with Gasteiger partial charge < -0.3 is 5.32 Å². The van der Waals surface area contributed by atoms with Crippen LogP contribution in [0.3, 0.4) is 0 Å². The van der Waals surface area contributed by atoms with Crippen molar-refractivity contribution in [3.63, 3.8) is 0 Å². The number of tetrazole rings is 1. The molecule has 2 aromatic carbocycles. The van der Waals surface area contributed by atoms with E-state index in [0.29, 0.717) is 12.2 Å². The van der Waals surface area contributed by atoms with E-state index in [1.807, 2.05) is 61.5 Å². The molecule has 0 saturated heterocycles. The Morgan fingerprint density at radius 2 is 1.87 bits per heavy atom. The molecule has 1 aromatic heterocycles. The summed E-state index contributed by atoms with van der Waals surface area (Å²) >= 11 is 0. The summed E-state index contributed by atoms with van der Waals surface area (Å²) < 4.78 is 0. The Bertz CT molecular complexity index is 753. The number of aromatic amines is 1. The van der Waals surface area contributed by atoms with E-state index in [-0.39, 0.29) is 5.91 Å². The van der Waals surface area contributed by atoms with Crippen molar-refractivity contribution in [2.75, 3.05) is 5.32 Å². The van der Waals surface area contributed by atoms with Gasteiger partial charge in [-0.05, 0) is 31.0 Å². The molecule has 0 aliphatic heterocycles. The maximum atomic E-state index is 12.6. The summed E-state index contributed by atoms with van der Waals surface area (Å²) in [5.41, 5.74) is 2.97. The Morgan fingerprint density at radius 3 is 2.52 bits per heavy atom. The predicted octanol–water partition coefficient (Wildman–Crippen LogP) is 2.47. The number of anilines is 1. The standard InChI is InChI=1S/C17H17N5O/c1-12-7-9-13(10-8-12)11-15(16-19-21-22-20-16)17(23)18-14-5-3-2-4-6-14/h2-10,15H,11H2,1H3,(H,18,23)(H,19,20,21,22)/t15-/m0/s1. The number of para-hydroxylation sites is 1. The number of aromatic nitrogens is 4. The van der Waals surface area contributed by atoms with Crippen molar-refractivity contribution < 1.29 is 4.79 Å². The number of nitrogens with one attached hydrogen (secondary N) is 2. The van der Waals surface area contributed by atoms with Crippen LogP contribution in [0.2, 0.25) is 0 Å². The molecule has 0 spiro atoms. The second-order valence-electron chi connectivity index (χ2n) is 5.37. The highest BCUT2D eigenvalue weighted by atomic mass is 16.1. The third-order valence-corrected chi connectivity index (χ3v) is 3.59. The molecule has 6 heteroatoms. The number of amides is 1. The Kier molecular flexibility index (Phi) is 4.42. The van der Waals surface area contributed by atoms with Crippen LogP contribution >= 0.6 is 0 Å². The predicted molar refractivity (Wildman–Crippen MR) is 86.9 cm³/mol. The van der Waals surface area contributed by atoms with E-state index in [2.05, 4.69) is 25.9 Å².